The first-order valence-electron chi connectivity index (χ1n) is 9.96. The number of carbonyl (C=O) groups is 1. The summed E-state index contributed by atoms with van der Waals surface area (Å²) in [5.74, 6) is 0.847. The smallest absolute Gasteiger partial charge is 0.236 e. The van der Waals surface area contributed by atoms with Gasteiger partial charge in [-0.1, -0.05) is 39.8 Å². The van der Waals surface area contributed by atoms with Gasteiger partial charge in [0.1, 0.15) is 18.2 Å². The number of hydrogen-bond acceptors (Lipinski definition) is 7. The van der Waals surface area contributed by atoms with E-state index in [0.29, 0.717) is 28.4 Å². The maximum absolute atomic E-state index is 13.0. The van der Waals surface area contributed by atoms with E-state index in [2.05, 4.69) is 36.4 Å². The van der Waals surface area contributed by atoms with Crippen molar-refractivity contribution >= 4 is 50.1 Å². The van der Waals surface area contributed by atoms with Crippen molar-refractivity contribution < 1.29 is 13.9 Å². The van der Waals surface area contributed by atoms with Crippen LogP contribution in [0.15, 0.2) is 63.5 Å². The van der Waals surface area contributed by atoms with Gasteiger partial charge in [0.15, 0.2) is 16.1 Å². The van der Waals surface area contributed by atoms with Crippen molar-refractivity contribution in [3.63, 3.8) is 0 Å². The lowest BCUT2D eigenvalue weighted by Crippen LogP contribution is -2.14. The highest BCUT2D eigenvalue weighted by atomic mass is 79.9. The van der Waals surface area contributed by atoms with E-state index in [4.69, 9.17) is 4.74 Å². The van der Waals surface area contributed by atoms with Crippen LogP contribution < -0.4 is 10.1 Å². The second-order valence-corrected chi connectivity index (χ2v) is 9.48. The predicted octanol–water partition coefficient (Wildman–Crippen LogP) is 5.63. The van der Waals surface area contributed by atoms with Crippen LogP contribution in [0.3, 0.4) is 0 Å². The summed E-state index contributed by atoms with van der Waals surface area (Å²) in [6.45, 7) is 2.79. The Morgan fingerprint density at radius 3 is 2.67 bits per heavy atom. The number of halogens is 2. The van der Waals surface area contributed by atoms with Gasteiger partial charge in [0.25, 0.3) is 0 Å². The summed E-state index contributed by atoms with van der Waals surface area (Å²) in [7, 11) is 0. The van der Waals surface area contributed by atoms with Crippen molar-refractivity contribution in [3.05, 3.63) is 70.0 Å². The Hall–Kier alpha value is -2.76. The van der Waals surface area contributed by atoms with Crippen LogP contribution in [0.25, 0.3) is 11.3 Å². The summed E-state index contributed by atoms with van der Waals surface area (Å²) in [5, 5.41) is 14.3. The van der Waals surface area contributed by atoms with Crippen LogP contribution in [0.5, 0.6) is 5.75 Å². The molecular weight excluding hydrogens is 529 g/mol. The third-order valence-electron chi connectivity index (χ3n) is 4.51. The van der Waals surface area contributed by atoms with Crippen molar-refractivity contribution in [2.24, 2.45) is 0 Å². The van der Waals surface area contributed by atoms with Crippen LogP contribution in [0.1, 0.15) is 12.7 Å². The Balaban J connectivity index is 1.32. The van der Waals surface area contributed by atoms with Gasteiger partial charge in [0.2, 0.25) is 5.91 Å². The van der Waals surface area contributed by atoms with Crippen LogP contribution in [-0.4, -0.2) is 31.4 Å². The quantitative estimate of drug-likeness (QED) is 0.273. The van der Waals surface area contributed by atoms with Gasteiger partial charge >= 0.3 is 0 Å². The van der Waals surface area contributed by atoms with Gasteiger partial charge in [-0.3, -0.25) is 4.79 Å². The van der Waals surface area contributed by atoms with Gasteiger partial charge in [-0.05, 0) is 43.3 Å². The zero-order valence-corrected chi connectivity index (χ0v) is 20.7. The molecule has 0 fully saturated rings. The molecule has 4 rings (SSSR count). The standard InChI is InChI=1S/C22H19BrFN5O2S2/c1-2-29-19(11-31-17-9-7-16(24)8-10-17)27-28-22(29)33-13-20(30)26-21-25-18(12-32-21)14-3-5-15(23)6-4-14/h3-10,12H,2,11,13H2,1H3,(H,25,26,30). The first kappa shape index (κ1) is 23.4. The lowest BCUT2D eigenvalue weighted by molar-refractivity contribution is -0.113. The fourth-order valence-electron chi connectivity index (χ4n) is 2.90. The van der Waals surface area contributed by atoms with Gasteiger partial charge in [-0.2, -0.15) is 0 Å². The SMILES string of the molecule is CCn1c(COc2ccc(F)cc2)nnc1SCC(=O)Nc1nc(-c2ccc(Br)cc2)cs1. The van der Waals surface area contributed by atoms with Gasteiger partial charge in [0.05, 0.1) is 11.4 Å². The van der Waals surface area contributed by atoms with Crippen molar-refractivity contribution in [3.8, 4) is 17.0 Å². The third-order valence-corrected chi connectivity index (χ3v) is 6.77. The number of anilines is 1. The number of thiazole rings is 1. The van der Waals surface area contributed by atoms with Crippen molar-refractivity contribution in [1.29, 1.82) is 0 Å². The van der Waals surface area contributed by atoms with E-state index in [-0.39, 0.29) is 24.1 Å². The summed E-state index contributed by atoms with van der Waals surface area (Å²) >= 11 is 6.09. The summed E-state index contributed by atoms with van der Waals surface area (Å²) in [5.41, 5.74) is 1.79. The fourth-order valence-corrected chi connectivity index (χ4v) is 4.72. The van der Waals surface area contributed by atoms with E-state index >= 15 is 0 Å². The highest BCUT2D eigenvalue weighted by Crippen LogP contribution is 2.26. The minimum absolute atomic E-state index is 0.171. The zero-order valence-electron chi connectivity index (χ0n) is 17.5. The molecule has 2 aromatic carbocycles. The second-order valence-electron chi connectivity index (χ2n) is 6.77. The van der Waals surface area contributed by atoms with Gasteiger partial charge in [-0.25, -0.2) is 9.37 Å². The fraction of sp³-hybridized carbons (Fsp3) is 0.182. The molecule has 1 amide bonds. The van der Waals surface area contributed by atoms with E-state index in [1.165, 1.54) is 35.2 Å². The second kappa shape index (κ2) is 10.9. The molecule has 1 N–H and O–H groups in total. The Kier molecular flexibility index (Phi) is 7.73. The van der Waals surface area contributed by atoms with E-state index < -0.39 is 0 Å². The predicted molar refractivity (Wildman–Crippen MR) is 131 cm³/mol. The largest absolute Gasteiger partial charge is 0.486 e. The average Bonchev–Trinajstić information content (AvgIpc) is 3.44. The number of thioether (sulfide) groups is 1. The van der Waals surface area contributed by atoms with Gasteiger partial charge in [-0.15, -0.1) is 21.5 Å². The highest BCUT2D eigenvalue weighted by Gasteiger charge is 2.15. The first-order chi connectivity index (χ1) is 16.0. The minimum Gasteiger partial charge on any atom is -0.486 e. The van der Waals surface area contributed by atoms with Crippen LogP contribution in [-0.2, 0) is 17.9 Å². The molecule has 0 aliphatic carbocycles. The van der Waals surface area contributed by atoms with Crippen LogP contribution >= 0.6 is 39.0 Å². The number of ether oxygens (including phenoxy) is 1. The van der Waals surface area contributed by atoms with Gasteiger partial charge < -0.3 is 14.6 Å². The Bertz CT molecular complexity index is 1230. The van der Waals surface area contributed by atoms with Crippen LogP contribution in [0.4, 0.5) is 9.52 Å². The number of amides is 1. The monoisotopic (exact) mass is 547 g/mol. The lowest BCUT2D eigenvalue weighted by atomic mass is 10.2. The third kappa shape index (κ3) is 6.18. The molecule has 4 aromatic rings. The Morgan fingerprint density at radius 1 is 1.18 bits per heavy atom. The maximum atomic E-state index is 13.0. The molecule has 0 spiro atoms. The molecule has 7 nitrogen and oxygen atoms in total. The molecule has 0 saturated heterocycles. The van der Waals surface area contributed by atoms with E-state index in [9.17, 15) is 9.18 Å². The summed E-state index contributed by atoms with van der Waals surface area (Å²) < 4.78 is 21.6. The summed E-state index contributed by atoms with van der Waals surface area (Å²) in [6, 6.07) is 13.6. The number of aromatic nitrogens is 4. The van der Waals surface area contributed by atoms with E-state index in [1.807, 2.05) is 41.1 Å². The van der Waals surface area contributed by atoms with Crippen molar-refractivity contribution in [2.45, 2.75) is 25.2 Å². The molecule has 33 heavy (non-hydrogen) atoms. The molecule has 11 heteroatoms. The molecule has 0 aliphatic rings. The molecule has 0 bridgehead atoms. The van der Waals surface area contributed by atoms with Crippen LogP contribution in [0.2, 0.25) is 0 Å². The molecule has 0 aliphatic heterocycles. The average molecular weight is 548 g/mol. The molecular formula is C22H19BrFN5O2S2. The number of hydrogen-bond donors (Lipinski definition) is 1. The summed E-state index contributed by atoms with van der Waals surface area (Å²) in [6.07, 6.45) is 0. The van der Waals surface area contributed by atoms with Crippen molar-refractivity contribution in [2.75, 3.05) is 11.1 Å². The number of rotatable bonds is 9. The van der Waals surface area contributed by atoms with Crippen LogP contribution in [0, 0.1) is 5.82 Å². The number of benzene rings is 2. The van der Waals surface area contributed by atoms with Gasteiger partial charge in [0, 0.05) is 22.0 Å². The molecule has 2 aromatic heterocycles. The minimum atomic E-state index is -0.321. The Labute approximate surface area is 206 Å². The molecule has 0 atom stereocenters. The van der Waals surface area contributed by atoms with E-state index in [0.717, 1.165) is 15.7 Å². The van der Waals surface area contributed by atoms with E-state index in [1.54, 1.807) is 12.1 Å². The molecule has 0 radical (unpaired) electrons. The molecule has 0 saturated carbocycles. The Morgan fingerprint density at radius 2 is 1.94 bits per heavy atom. The number of nitrogens with one attached hydrogen (secondary N) is 1. The first-order valence-corrected chi connectivity index (χ1v) is 12.6. The zero-order chi connectivity index (χ0) is 23.2. The normalized spacial score (nSPS) is 10.9. The summed E-state index contributed by atoms with van der Waals surface area (Å²) in [4.78, 5) is 16.9. The molecule has 0 unspecified atom stereocenters. The lowest BCUT2D eigenvalue weighted by Gasteiger charge is -2.08. The molecule has 2 heterocycles. The number of carbonyl (C=O) groups excluding carboxylic acids is 1. The maximum Gasteiger partial charge on any atom is 0.236 e. The highest BCUT2D eigenvalue weighted by molar-refractivity contribution is 9.10. The number of nitrogens with zero attached hydrogens (tertiary/aromatic N) is 4. The van der Waals surface area contributed by atoms with Crippen molar-refractivity contribution in [1.82, 2.24) is 19.7 Å². The topological polar surface area (TPSA) is 81.9 Å². The molecule has 170 valence electrons.